The van der Waals surface area contributed by atoms with Gasteiger partial charge in [0.15, 0.2) is 5.82 Å². The number of urea groups is 1. The van der Waals surface area contributed by atoms with Crippen LogP contribution in [0, 0.1) is 0 Å². The van der Waals surface area contributed by atoms with Crippen molar-refractivity contribution in [3.8, 4) is 0 Å². The van der Waals surface area contributed by atoms with Crippen molar-refractivity contribution in [2.75, 3.05) is 18.9 Å². The molecule has 2 N–H and O–H groups in total. The maximum Gasteiger partial charge on any atom is 0.320 e. The maximum atomic E-state index is 12.0. The number of carbonyl (C=O) groups excluding carboxylic acids is 1. The number of amides is 2. The van der Waals surface area contributed by atoms with Crippen molar-refractivity contribution in [2.24, 2.45) is 0 Å². The highest BCUT2D eigenvalue weighted by Gasteiger charge is 2.33. The molecule has 2 unspecified atom stereocenters. The number of hydrogen-bond acceptors (Lipinski definition) is 4. The fraction of sp³-hybridized carbons (Fsp3) is 0.333. The Labute approximate surface area is 123 Å². The largest absolute Gasteiger partial charge is 0.363 e. The SMILES string of the molecule is CN1CCC(NC(=O)Nc2ccon2)C1c1ccccc1. The minimum atomic E-state index is -0.259. The van der Waals surface area contributed by atoms with Gasteiger partial charge in [-0.15, -0.1) is 0 Å². The van der Waals surface area contributed by atoms with Gasteiger partial charge in [0.2, 0.25) is 0 Å². The minimum absolute atomic E-state index is 0.0734. The van der Waals surface area contributed by atoms with Crippen LogP contribution in [0.2, 0.25) is 0 Å². The minimum Gasteiger partial charge on any atom is -0.363 e. The first-order chi connectivity index (χ1) is 10.2. The third-order valence-electron chi connectivity index (χ3n) is 3.79. The summed E-state index contributed by atoms with van der Waals surface area (Å²) in [7, 11) is 2.08. The fourth-order valence-electron chi connectivity index (χ4n) is 2.83. The molecule has 1 aromatic heterocycles. The summed E-state index contributed by atoms with van der Waals surface area (Å²) in [4.78, 5) is 14.3. The third kappa shape index (κ3) is 3.05. The van der Waals surface area contributed by atoms with Gasteiger partial charge in [-0.1, -0.05) is 35.5 Å². The topological polar surface area (TPSA) is 70.4 Å². The molecule has 1 aromatic carbocycles. The number of nitrogens with one attached hydrogen (secondary N) is 2. The number of aromatic nitrogens is 1. The van der Waals surface area contributed by atoms with Gasteiger partial charge in [0.05, 0.1) is 12.1 Å². The van der Waals surface area contributed by atoms with Crippen molar-refractivity contribution in [1.82, 2.24) is 15.4 Å². The highest BCUT2D eigenvalue weighted by Crippen LogP contribution is 2.30. The zero-order valence-corrected chi connectivity index (χ0v) is 11.8. The van der Waals surface area contributed by atoms with Crippen molar-refractivity contribution in [3.63, 3.8) is 0 Å². The zero-order chi connectivity index (χ0) is 14.7. The first kappa shape index (κ1) is 13.6. The number of anilines is 1. The lowest BCUT2D eigenvalue weighted by atomic mass is 10.0. The molecule has 2 aromatic rings. The molecule has 1 aliphatic heterocycles. The molecule has 2 heterocycles. The van der Waals surface area contributed by atoms with Crippen LogP contribution >= 0.6 is 0 Å². The van der Waals surface area contributed by atoms with Crippen molar-refractivity contribution in [1.29, 1.82) is 0 Å². The van der Waals surface area contributed by atoms with Gasteiger partial charge in [-0.25, -0.2) is 4.79 Å². The number of benzene rings is 1. The van der Waals surface area contributed by atoms with Gasteiger partial charge >= 0.3 is 6.03 Å². The molecule has 6 nitrogen and oxygen atoms in total. The van der Waals surface area contributed by atoms with Crippen molar-refractivity contribution in [3.05, 3.63) is 48.2 Å². The first-order valence-electron chi connectivity index (χ1n) is 6.97. The van der Waals surface area contributed by atoms with E-state index >= 15 is 0 Å². The van der Waals surface area contributed by atoms with Gasteiger partial charge in [0, 0.05) is 12.6 Å². The molecule has 1 aliphatic rings. The summed E-state index contributed by atoms with van der Waals surface area (Å²) in [5.41, 5.74) is 1.21. The van der Waals surface area contributed by atoms with Crippen LogP contribution in [0.1, 0.15) is 18.0 Å². The van der Waals surface area contributed by atoms with Gasteiger partial charge in [-0.05, 0) is 19.0 Å². The molecule has 0 bridgehead atoms. The van der Waals surface area contributed by atoms with Crippen LogP contribution in [0.25, 0.3) is 0 Å². The summed E-state index contributed by atoms with van der Waals surface area (Å²) in [6.07, 6.45) is 2.34. The van der Waals surface area contributed by atoms with Crippen LogP contribution in [0.4, 0.5) is 10.6 Å². The number of nitrogens with zero attached hydrogens (tertiary/aromatic N) is 2. The molecule has 6 heteroatoms. The number of hydrogen-bond donors (Lipinski definition) is 2. The molecule has 21 heavy (non-hydrogen) atoms. The Morgan fingerprint density at radius 3 is 2.86 bits per heavy atom. The smallest absolute Gasteiger partial charge is 0.320 e. The quantitative estimate of drug-likeness (QED) is 0.908. The fourth-order valence-corrected chi connectivity index (χ4v) is 2.83. The average Bonchev–Trinajstić information content (AvgIpc) is 3.10. The van der Waals surface area contributed by atoms with Crippen LogP contribution in [-0.2, 0) is 0 Å². The van der Waals surface area contributed by atoms with E-state index in [1.165, 1.54) is 11.8 Å². The zero-order valence-electron chi connectivity index (χ0n) is 11.8. The summed E-state index contributed by atoms with van der Waals surface area (Å²) in [6, 6.07) is 11.8. The van der Waals surface area contributed by atoms with Gasteiger partial charge in [-0.2, -0.15) is 0 Å². The lowest BCUT2D eigenvalue weighted by Crippen LogP contribution is -2.41. The Morgan fingerprint density at radius 2 is 2.14 bits per heavy atom. The Hall–Kier alpha value is -2.34. The van der Waals surface area contributed by atoms with E-state index in [1.807, 2.05) is 18.2 Å². The molecule has 1 saturated heterocycles. The highest BCUT2D eigenvalue weighted by atomic mass is 16.5. The second-order valence-electron chi connectivity index (χ2n) is 5.21. The van der Waals surface area contributed by atoms with Crippen molar-refractivity contribution < 1.29 is 9.32 Å². The van der Waals surface area contributed by atoms with E-state index in [0.29, 0.717) is 5.82 Å². The number of rotatable bonds is 3. The molecule has 0 spiro atoms. The number of carbonyl (C=O) groups is 1. The van der Waals surface area contributed by atoms with Crippen LogP contribution in [0.3, 0.4) is 0 Å². The summed E-state index contributed by atoms with van der Waals surface area (Å²) < 4.78 is 4.69. The van der Waals surface area contributed by atoms with Gasteiger partial charge < -0.3 is 9.84 Å². The number of likely N-dealkylation sites (tertiary alicyclic amines) is 1. The molecule has 0 radical (unpaired) electrons. The van der Waals surface area contributed by atoms with Crippen LogP contribution in [0.15, 0.2) is 47.2 Å². The maximum absolute atomic E-state index is 12.0. The highest BCUT2D eigenvalue weighted by molar-refractivity contribution is 5.88. The van der Waals surface area contributed by atoms with Gasteiger partial charge in [0.1, 0.15) is 6.26 Å². The Kier molecular flexibility index (Phi) is 3.87. The second kappa shape index (κ2) is 5.97. The molecule has 2 atom stereocenters. The Balaban J connectivity index is 1.68. The predicted molar refractivity (Wildman–Crippen MR) is 78.9 cm³/mol. The summed E-state index contributed by atoms with van der Waals surface area (Å²) in [5, 5.41) is 9.35. The summed E-state index contributed by atoms with van der Waals surface area (Å²) >= 11 is 0. The average molecular weight is 286 g/mol. The normalized spacial score (nSPS) is 22.1. The van der Waals surface area contributed by atoms with Crippen molar-refractivity contribution in [2.45, 2.75) is 18.5 Å². The molecule has 110 valence electrons. The van der Waals surface area contributed by atoms with E-state index in [9.17, 15) is 4.79 Å². The lowest BCUT2D eigenvalue weighted by molar-refractivity contribution is 0.240. The molecule has 1 fully saturated rings. The molecular weight excluding hydrogens is 268 g/mol. The van der Waals surface area contributed by atoms with Crippen molar-refractivity contribution >= 4 is 11.8 Å². The second-order valence-corrected chi connectivity index (χ2v) is 5.21. The van der Waals surface area contributed by atoms with Gasteiger partial charge in [-0.3, -0.25) is 10.2 Å². The Morgan fingerprint density at radius 1 is 1.33 bits per heavy atom. The first-order valence-corrected chi connectivity index (χ1v) is 6.97. The van der Waals surface area contributed by atoms with E-state index in [1.54, 1.807) is 6.07 Å². The summed E-state index contributed by atoms with van der Waals surface area (Å²) in [5.74, 6) is 0.412. The van der Waals surface area contributed by atoms with Crippen LogP contribution < -0.4 is 10.6 Å². The Bertz CT molecular complexity index is 585. The van der Waals surface area contributed by atoms with E-state index in [4.69, 9.17) is 4.52 Å². The molecular formula is C15H18N4O2. The standard InChI is InChI=1S/C15H18N4O2/c1-19-9-7-12(14(19)11-5-3-2-4-6-11)16-15(20)17-13-8-10-21-18-13/h2-6,8,10,12,14H,7,9H2,1H3,(H2,16,17,18,20). The summed E-state index contributed by atoms with van der Waals surface area (Å²) in [6.45, 7) is 0.953. The van der Waals surface area contributed by atoms with E-state index in [0.717, 1.165) is 13.0 Å². The monoisotopic (exact) mass is 286 g/mol. The van der Waals surface area contributed by atoms with E-state index in [2.05, 4.69) is 39.9 Å². The molecule has 3 rings (SSSR count). The van der Waals surface area contributed by atoms with Crippen LogP contribution in [-0.4, -0.2) is 35.7 Å². The van der Waals surface area contributed by atoms with Gasteiger partial charge in [0.25, 0.3) is 0 Å². The molecule has 2 amide bonds. The van der Waals surface area contributed by atoms with E-state index in [-0.39, 0.29) is 18.1 Å². The number of likely N-dealkylation sites (N-methyl/N-ethyl adjacent to an activating group) is 1. The van der Waals surface area contributed by atoms with E-state index < -0.39 is 0 Å². The lowest BCUT2D eigenvalue weighted by Gasteiger charge is -2.26. The molecule has 0 saturated carbocycles. The predicted octanol–water partition coefficient (Wildman–Crippen LogP) is 2.24. The third-order valence-corrected chi connectivity index (χ3v) is 3.79. The molecule has 0 aliphatic carbocycles. The van der Waals surface area contributed by atoms with Crippen LogP contribution in [0.5, 0.6) is 0 Å².